The quantitative estimate of drug-likeness (QED) is 0.861. The molecule has 2 rings (SSSR count). The van der Waals surface area contributed by atoms with Crippen LogP contribution in [0.3, 0.4) is 0 Å². The Hall–Kier alpha value is -1.06. The maximum Gasteiger partial charge on any atom is 0.0388 e. The van der Waals surface area contributed by atoms with E-state index in [2.05, 4.69) is 60.3 Å². The van der Waals surface area contributed by atoms with Gasteiger partial charge >= 0.3 is 0 Å². The van der Waals surface area contributed by atoms with Crippen molar-refractivity contribution in [1.29, 1.82) is 0 Å². The van der Waals surface area contributed by atoms with Gasteiger partial charge in [0.2, 0.25) is 0 Å². The molecule has 1 saturated heterocycles. The molecule has 0 spiro atoms. The Balaban J connectivity index is 2.00. The van der Waals surface area contributed by atoms with Gasteiger partial charge in [0.25, 0.3) is 0 Å². The molecule has 0 aliphatic carbocycles. The van der Waals surface area contributed by atoms with E-state index in [0.717, 1.165) is 19.6 Å². The smallest absolute Gasteiger partial charge is 0.0388 e. The number of nitrogens with zero attached hydrogens (tertiary/aromatic N) is 2. The molecule has 1 aliphatic heterocycles. The lowest BCUT2D eigenvalue weighted by atomic mass is 10.0. The average molecular weight is 275 g/mol. The van der Waals surface area contributed by atoms with Crippen LogP contribution >= 0.6 is 0 Å². The Morgan fingerprint density at radius 2 is 1.80 bits per heavy atom. The van der Waals surface area contributed by atoms with Crippen LogP contribution in [0.15, 0.2) is 24.3 Å². The molecule has 0 bridgehead atoms. The van der Waals surface area contributed by atoms with E-state index < -0.39 is 0 Å². The third-order valence-corrected chi connectivity index (χ3v) is 4.38. The van der Waals surface area contributed by atoms with E-state index in [4.69, 9.17) is 0 Å². The number of hydrogen-bond acceptors (Lipinski definition) is 3. The number of anilines is 1. The van der Waals surface area contributed by atoms with Crippen molar-refractivity contribution in [1.82, 2.24) is 9.80 Å². The number of benzene rings is 1. The van der Waals surface area contributed by atoms with Crippen molar-refractivity contribution in [3.63, 3.8) is 0 Å². The second kappa shape index (κ2) is 7.65. The fourth-order valence-electron chi connectivity index (χ4n) is 2.86. The summed E-state index contributed by atoms with van der Waals surface area (Å²) in [5.41, 5.74) is 2.75. The molecule has 1 aromatic carbocycles. The number of piperidine rings is 1. The minimum atomic E-state index is 0.629. The molecule has 0 amide bonds. The van der Waals surface area contributed by atoms with E-state index in [1.165, 1.54) is 37.2 Å². The Morgan fingerprint density at radius 1 is 1.15 bits per heavy atom. The zero-order chi connectivity index (χ0) is 14.4. The van der Waals surface area contributed by atoms with Crippen LogP contribution in [0.25, 0.3) is 0 Å². The maximum atomic E-state index is 3.77. The minimum Gasteiger partial charge on any atom is -0.382 e. The van der Waals surface area contributed by atoms with Crippen LogP contribution in [0.2, 0.25) is 0 Å². The normalized spacial score (nSPS) is 17.6. The van der Waals surface area contributed by atoms with Crippen molar-refractivity contribution in [2.45, 2.75) is 39.3 Å². The van der Waals surface area contributed by atoms with Crippen LogP contribution in [0.4, 0.5) is 5.69 Å². The van der Waals surface area contributed by atoms with Gasteiger partial charge in [0.1, 0.15) is 0 Å². The monoisotopic (exact) mass is 275 g/mol. The van der Waals surface area contributed by atoms with Gasteiger partial charge in [-0.3, -0.25) is 4.90 Å². The fourth-order valence-corrected chi connectivity index (χ4v) is 2.86. The Bertz CT molecular complexity index is 393. The number of nitrogens with one attached hydrogen (secondary N) is 1. The molecule has 0 aromatic heterocycles. The number of hydrogen-bond donors (Lipinski definition) is 1. The van der Waals surface area contributed by atoms with Gasteiger partial charge in [0.15, 0.2) is 0 Å². The first-order chi connectivity index (χ1) is 9.72. The number of likely N-dealkylation sites (tertiary alicyclic amines) is 1. The second-order valence-corrected chi connectivity index (χ2v) is 5.84. The summed E-state index contributed by atoms with van der Waals surface area (Å²) in [5, 5.41) is 3.77. The van der Waals surface area contributed by atoms with Gasteiger partial charge in [0, 0.05) is 18.3 Å². The van der Waals surface area contributed by atoms with E-state index in [0.29, 0.717) is 6.04 Å². The summed E-state index contributed by atoms with van der Waals surface area (Å²) in [5.74, 6) is 0. The fraction of sp³-hybridized carbons (Fsp3) is 0.647. The van der Waals surface area contributed by atoms with Crippen molar-refractivity contribution in [2.24, 2.45) is 0 Å². The van der Waals surface area contributed by atoms with E-state index in [-0.39, 0.29) is 0 Å². The van der Waals surface area contributed by atoms with Gasteiger partial charge in [0.05, 0.1) is 0 Å². The first kappa shape index (κ1) is 15.3. The zero-order valence-electron chi connectivity index (χ0n) is 13.2. The predicted molar refractivity (Wildman–Crippen MR) is 87.2 cm³/mol. The van der Waals surface area contributed by atoms with Gasteiger partial charge in [-0.15, -0.1) is 0 Å². The standard InChI is InChI=1S/C17H29N3/c1-4-20(5-2)14-15-8-6-7-9-17(15)18-16-10-12-19(3)13-11-16/h6-9,16,18H,4-5,10-14H2,1-3H3. The van der Waals surface area contributed by atoms with E-state index in [9.17, 15) is 0 Å². The van der Waals surface area contributed by atoms with Crippen LogP contribution in [0.1, 0.15) is 32.3 Å². The molecule has 1 aliphatic rings. The van der Waals surface area contributed by atoms with Crippen molar-refractivity contribution in [3.05, 3.63) is 29.8 Å². The predicted octanol–water partition coefficient (Wildman–Crippen LogP) is 3.03. The summed E-state index contributed by atoms with van der Waals surface area (Å²) in [6.45, 7) is 10.1. The highest BCUT2D eigenvalue weighted by atomic mass is 15.1. The summed E-state index contributed by atoms with van der Waals surface area (Å²) in [6.07, 6.45) is 2.49. The molecular formula is C17H29N3. The van der Waals surface area contributed by atoms with Gasteiger partial charge in [-0.1, -0.05) is 32.0 Å². The molecule has 0 saturated carbocycles. The topological polar surface area (TPSA) is 18.5 Å². The molecule has 1 fully saturated rings. The lowest BCUT2D eigenvalue weighted by molar-refractivity contribution is 0.263. The van der Waals surface area contributed by atoms with Crippen LogP contribution in [0, 0.1) is 0 Å². The number of rotatable bonds is 6. The molecule has 1 aromatic rings. The SMILES string of the molecule is CCN(CC)Cc1ccccc1NC1CCN(C)CC1. The van der Waals surface area contributed by atoms with Crippen LogP contribution in [-0.4, -0.2) is 49.1 Å². The number of para-hydroxylation sites is 1. The average Bonchev–Trinajstić information content (AvgIpc) is 2.48. The van der Waals surface area contributed by atoms with Crippen molar-refractivity contribution in [3.8, 4) is 0 Å². The Kier molecular flexibility index (Phi) is 5.86. The molecule has 20 heavy (non-hydrogen) atoms. The molecule has 0 atom stereocenters. The highest BCUT2D eigenvalue weighted by Gasteiger charge is 2.17. The first-order valence-electron chi connectivity index (χ1n) is 7.98. The second-order valence-electron chi connectivity index (χ2n) is 5.84. The summed E-state index contributed by atoms with van der Waals surface area (Å²) < 4.78 is 0. The Morgan fingerprint density at radius 3 is 2.45 bits per heavy atom. The first-order valence-corrected chi connectivity index (χ1v) is 7.98. The molecule has 112 valence electrons. The van der Waals surface area contributed by atoms with E-state index in [1.807, 2.05) is 0 Å². The summed E-state index contributed by atoms with van der Waals surface area (Å²) >= 11 is 0. The summed E-state index contributed by atoms with van der Waals surface area (Å²) in [6, 6.07) is 9.41. The molecule has 1 heterocycles. The van der Waals surface area contributed by atoms with Gasteiger partial charge in [-0.25, -0.2) is 0 Å². The lowest BCUT2D eigenvalue weighted by Gasteiger charge is -2.31. The molecule has 1 N–H and O–H groups in total. The molecule has 0 unspecified atom stereocenters. The molecule has 3 heteroatoms. The molecule has 3 nitrogen and oxygen atoms in total. The maximum absolute atomic E-state index is 3.77. The van der Waals surface area contributed by atoms with Crippen molar-refractivity contribution in [2.75, 3.05) is 38.5 Å². The third kappa shape index (κ3) is 4.22. The zero-order valence-corrected chi connectivity index (χ0v) is 13.2. The highest BCUT2D eigenvalue weighted by Crippen LogP contribution is 2.21. The molecular weight excluding hydrogens is 246 g/mol. The third-order valence-electron chi connectivity index (χ3n) is 4.38. The van der Waals surface area contributed by atoms with Crippen molar-refractivity contribution < 1.29 is 0 Å². The van der Waals surface area contributed by atoms with E-state index in [1.54, 1.807) is 0 Å². The van der Waals surface area contributed by atoms with Gasteiger partial charge in [-0.05, 0) is 57.7 Å². The van der Waals surface area contributed by atoms with Crippen LogP contribution in [-0.2, 0) is 6.54 Å². The van der Waals surface area contributed by atoms with E-state index >= 15 is 0 Å². The highest BCUT2D eigenvalue weighted by molar-refractivity contribution is 5.51. The summed E-state index contributed by atoms with van der Waals surface area (Å²) in [7, 11) is 2.21. The largest absolute Gasteiger partial charge is 0.382 e. The Labute approximate surface area is 124 Å². The van der Waals surface area contributed by atoms with Crippen LogP contribution in [0.5, 0.6) is 0 Å². The van der Waals surface area contributed by atoms with Gasteiger partial charge in [-0.2, -0.15) is 0 Å². The van der Waals surface area contributed by atoms with Gasteiger partial charge < -0.3 is 10.2 Å². The lowest BCUT2D eigenvalue weighted by Crippen LogP contribution is -2.37. The van der Waals surface area contributed by atoms with Crippen LogP contribution < -0.4 is 5.32 Å². The van der Waals surface area contributed by atoms with Crippen molar-refractivity contribution >= 4 is 5.69 Å². The molecule has 0 radical (unpaired) electrons. The minimum absolute atomic E-state index is 0.629. The summed E-state index contributed by atoms with van der Waals surface area (Å²) in [4.78, 5) is 4.88.